The number of pyridine rings is 1. The van der Waals surface area contributed by atoms with Gasteiger partial charge in [-0.3, -0.25) is 9.78 Å². The molecule has 4 nitrogen and oxygen atoms in total. The first-order valence-corrected chi connectivity index (χ1v) is 13.4. The van der Waals surface area contributed by atoms with Crippen LogP contribution in [0.25, 0.3) is 44.0 Å². The standard InChI is InChI=1S/C24H16NO.C11H20O2.Ir/c1-24(2)17-8-5-9-19-21(17)22-20(26-19)10-11-25-23(22)16-12-14-6-3-4-7-15(14)13-18(16)24;1-10(2,3)8(12)7-9(13)11(4,5)6;/h3-11,13H,1-2H3;7,12H,1-6H3;/q-1;;/b;8-7-;. The normalized spacial score (nSPS) is 14.3. The maximum atomic E-state index is 11.5. The topological polar surface area (TPSA) is 63.3 Å². The largest absolute Gasteiger partial charge is 0.512 e. The molecule has 1 radical (unpaired) electrons. The van der Waals surface area contributed by atoms with Gasteiger partial charge in [-0.25, -0.2) is 0 Å². The molecule has 209 valence electrons. The van der Waals surface area contributed by atoms with E-state index >= 15 is 0 Å². The van der Waals surface area contributed by atoms with Crippen LogP contribution in [0.15, 0.2) is 77.0 Å². The van der Waals surface area contributed by atoms with E-state index < -0.39 is 5.41 Å². The van der Waals surface area contributed by atoms with Gasteiger partial charge in [0.1, 0.15) is 16.9 Å². The molecule has 6 rings (SSSR count). The van der Waals surface area contributed by atoms with Gasteiger partial charge in [0.15, 0.2) is 5.78 Å². The monoisotopic (exact) mass is 711 g/mol. The predicted molar refractivity (Wildman–Crippen MR) is 160 cm³/mol. The van der Waals surface area contributed by atoms with E-state index in [9.17, 15) is 9.90 Å². The number of hydrogen-bond acceptors (Lipinski definition) is 4. The second kappa shape index (κ2) is 10.3. The molecule has 1 N–H and O–H groups in total. The third-order valence-electron chi connectivity index (χ3n) is 7.56. The molecule has 2 heterocycles. The Labute approximate surface area is 249 Å². The summed E-state index contributed by atoms with van der Waals surface area (Å²) >= 11 is 0. The van der Waals surface area contributed by atoms with Crippen molar-refractivity contribution in [2.24, 2.45) is 10.8 Å². The Morgan fingerprint density at radius 3 is 2.25 bits per heavy atom. The summed E-state index contributed by atoms with van der Waals surface area (Å²) in [6.07, 6.45) is 3.17. The van der Waals surface area contributed by atoms with Crippen molar-refractivity contribution in [3.63, 3.8) is 0 Å². The number of aliphatic hydroxyl groups excluding tert-OH is 1. The van der Waals surface area contributed by atoms with Gasteiger partial charge in [0, 0.05) is 59.7 Å². The van der Waals surface area contributed by atoms with Crippen LogP contribution in [0.5, 0.6) is 0 Å². The molecule has 3 aromatic carbocycles. The first kappa shape index (κ1) is 29.7. The summed E-state index contributed by atoms with van der Waals surface area (Å²) in [5.74, 6) is 0.104. The molecular weight excluding hydrogens is 675 g/mol. The number of fused-ring (bicyclic) bond motifs is 3. The first-order chi connectivity index (χ1) is 18.2. The van der Waals surface area contributed by atoms with E-state index in [0.717, 1.165) is 33.2 Å². The van der Waals surface area contributed by atoms with Crippen molar-refractivity contribution in [1.82, 2.24) is 4.98 Å². The quantitative estimate of drug-likeness (QED) is 0.107. The van der Waals surface area contributed by atoms with Crippen molar-refractivity contribution in [3.05, 3.63) is 89.8 Å². The number of rotatable bonds is 1. The van der Waals surface area contributed by atoms with Crippen molar-refractivity contribution in [3.8, 4) is 11.3 Å². The predicted octanol–water partition coefficient (Wildman–Crippen LogP) is 9.33. The third kappa shape index (κ3) is 5.13. The van der Waals surface area contributed by atoms with Crippen LogP contribution in [0.4, 0.5) is 0 Å². The summed E-state index contributed by atoms with van der Waals surface area (Å²) in [5.41, 5.74) is 5.48. The molecule has 2 aromatic heterocycles. The Balaban J connectivity index is 0.000000229. The molecule has 0 unspecified atom stereocenters. The Hall–Kier alpha value is -3.27. The fourth-order valence-corrected chi connectivity index (χ4v) is 5.02. The third-order valence-corrected chi connectivity index (χ3v) is 7.56. The number of furan rings is 1. The smallest absolute Gasteiger partial charge is 0.164 e. The number of ketones is 1. The number of carbonyl (C=O) groups excluding carboxylic acids is 1. The van der Waals surface area contributed by atoms with Gasteiger partial charge in [-0.1, -0.05) is 102 Å². The van der Waals surface area contributed by atoms with Gasteiger partial charge in [-0.15, -0.1) is 23.6 Å². The number of aliphatic hydroxyl groups is 1. The minimum Gasteiger partial charge on any atom is -0.512 e. The molecule has 0 aliphatic heterocycles. The Kier molecular flexibility index (Phi) is 7.64. The molecule has 1 aliphatic carbocycles. The van der Waals surface area contributed by atoms with Crippen molar-refractivity contribution in [2.45, 2.75) is 60.8 Å². The molecule has 0 spiro atoms. The van der Waals surface area contributed by atoms with Gasteiger partial charge >= 0.3 is 0 Å². The van der Waals surface area contributed by atoms with Crippen LogP contribution in [0, 0.1) is 16.9 Å². The molecular formula is C35H36IrNO3-. The number of hydrogen-bond donors (Lipinski definition) is 1. The van der Waals surface area contributed by atoms with Crippen molar-refractivity contribution < 1.29 is 34.4 Å². The summed E-state index contributed by atoms with van der Waals surface area (Å²) in [7, 11) is 0. The minimum absolute atomic E-state index is 0. The van der Waals surface area contributed by atoms with E-state index in [1.807, 2.05) is 53.8 Å². The fourth-order valence-electron chi connectivity index (χ4n) is 5.02. The molecule has 5 heteroatoms. The molecule has 40 heavy (non-hydrogen) atoms. The fraction of sp³-hybridized carbons (Fsp3) is 0.314. The summed E-state index contributed by atoms with van der Waals surface area (Å²) in [6.45, 7) is 15.7. The SMILES string of the molecule is CC(C)(C)C(=O)/C=C(\O)C(C)(C)C.CC1(C)c2cc3ccccc3[c-]c2-c2nccc3oc4cccc1c4c23.[Ir]. The zero-order valence-corrected chi connectivity index (χ0v) is 26.8. The first-order valence-electron chi connectivity index (χ1n) is 13.4. The number of nitrogens with zero attached hydrogens (tertiary/aromatic N) is 1. The Morgan fingerprint density at radius 1 is 0.900 bits per heavy atom. The average Bonchev–Trinajstić information content (AvgIpc) is 3.22. The molecule has 5 aromatic rings. The van der Waals surface area contributed by atoms with Crippen LogP contribution in [0.2, 0.25) is 0 Å². The summed E-state index contributed by atoms with van der Waals surface area (Å²) < 4.78 is 6.15. The number of aromatic nitrogens is 1. The van der Waals surface area contributed by atoms with Gasteiger partial charge in [0.2, 0.25) is 0 Å². The van der Waals surface area contributed by atoms with Gasteiger partial charge < -0.3 is 9.52 Å². The van der Waals surface area contributed by atoms with Crippen molar-refractivity contribution in [2.75, 3.05) is 0 Å². The molecule has 0 saturated carbocycles. The van der Waals surface area contributed by atoms with Crippen molar-refractivity contribution in [1.29, 1.82) is 0 Å². The van der Waals surface area contributed by atoms with Crippen LogP contribution in [-0.2, 0) is 30.3 Å². The maximum absolute atomic E-state index is 11.5. The average molecular weight is 711 g/mol. The van der Waals surface area contributed by atoms with Gasteiger partial charge in [-0.05, 0) is 23.1 Å². The van der Waals surface area contributed by atoms with E-state index in [2.05, 4.69) is 68.4 Å². The van der Waals surface area contributed by atoms with Gasteiger partial charge in [0.25, 0.3) is 0 Å². The summed E-state index contributed by atoms with van der Waals surface area (Å²) in [4.78, 5) is 16.3. The van der Waals surface area contributed by atoms with Gasteiger partial charge in [-0.2, -0.15) is 0 Å². The zero-order chi connectivity index (χ0) is 28.3. The van der Waals surface area contributed by atoms with E-state index in [4.69, 9.17) is 9.40 Å². The molecule has 0 fully saturated rings. The molecule has 0 atom stereocenters. The summed E-state index contributed by atoms with van der Waals surface area (Å²) in [5, 5.41) is 14.2. The Morgan fingerprint density at radius 2 is 1.57 bits per heavy atom. The van der Waals surface area contributed by atoms with E-state index in [-0.39, 0.29) is 42.5 Å². The molecule has 0 bridgehead atoms. The second-order valence-electron chi connectivity index (χ2n) is 13.0. The molecule has 0 amide bonds. The second-order valence-corrected chi connectivity index (χ2v) is 13.0. The number of allylic oxidation sites excluding steroid dienone is 2. The van der Waals surface area contributed by atoms with Crippen LogP contribution >= 0.6 is 0 Å². The van der Waals surface area contributed by atoms with Crippen molar-refractivity contribution >= 4 is 38.5 Å². The van der Waals surface area contributed by atoms with Crippen LogP contribution < -0.4 is 0 Å². The van der Waals surface area contributed by atoms with E-state index in [0.29, 0.717) is 0 Å². The minimum atomic E-state index is -0.417. The molecule has 0 saturated heterocycles. The van der Waals surface area contributed by atoms with Gasteiger partial charge in [0.05, 0.1) is 0 Å². The molecule has 1 aliphatic rings. The summed E-state index contributed by atoms with van der Waals surface area (Å²) in [6, 6.07) is 22.7. The van der Waals surface area contributed by atoms with Crippen LogP contribution in [0.3, 0.4) is 0 Å². The van der Waals surface area contributed by atoms with E-state index in [1.165, 1.54) is 28.0 Å². The van der Waals surface area contributed by atoms with Crippen LogP contribution in [-0.4, -0.2) is 15.9 Å². The number of carbonyl (C=O) groups is 1. The Bertz CT molecular complexity index is 1780. The number of benzene rings is 3. The van der Waals surface area contributed by atoms with E-state index in [1.54, 1.807) is 0 Å². The van der Waals surface area contributed by atoms with Crippen LogP contribution in [0.1, 0.15) is 66.5 Å². The maximum Gasteiger partial charge on any atom is 0.164 e. The zero-order valence-electron chi connectivity index (χ0n) is 24.4.